The standard InChI is InChI=1S/C17H20N4O6S/c1-4-11(26-9(3)23)12-5-10(7-25-8(2)22)15(27-12)21-14-13(28-17(21)24)6-19-16(18)20-14/h6-7,11-12,15H,4-5H2,1-3H3,(H2,18,19,20)/t11-,12-,15+/m0/s1. The van der Waals surface area contributed by atoms with Gasteiger partial charge in [-0.3, -0.25) is 19.0 Å². The van der Waals surface area contributed by atoms with Crippen LogP contribution in [0.15, 0.2) is 22.8 Å². The van der Waals surface area contributed by atoms with Gasteiger partial charge in [-0.1, -0.05) is 18.3 Å². The van der Waals surface area contributed by atoms with Crippen molar-refractivity contribution in [3.63, 3.8) is 0 Å². The summed E-state index contributed by atoms with van der Waals surface area (Å²) in [6.45, 7) is 4.45. The lowest BCUT2D eigenvalue weighted by Crippen LogP contribution is -2.31. The first-order chi connectivity index (χ1) is 13.3. The summed E-state index contributed by atoms with van der Waals surface area (Å²) in [4.78, 5) is 43.0. The Labute approximate surface area is 163 Å². The number of fused-ring (bicyclic) bond motifs is 1. The molecule has 0 unspecified atom stereocenters. The molecule has 0 amide bonds. The number of nitrogens with two attached hydrogens (primary N) is 1. The predicted octanol–water partition coefficient (Wildman–Crippen LogP) is 1.51. The number of thiazole rings is 1. The molecule has 11 heteroatoms. The maximum atomic E-state index is 12.6. The van der Waals surface area contributed by atoms with E-state index >= 15 is 0 Å². The minimum Gasteiger partial charge on any atom is -0.460 e. The van der Waals surface area contributed by atoms with E-state index in [0.29, 0.717) is 28.8 Å². The molecule has 0 bridgehead atoms. The van der Waals surface area contributed by atoms with Crippen LogP contribution in [0.25, 0.3) is 10.3 Å². The second-order valence-corrected chi connectivity index (χ2v) is 7.24. The number of hydrogen-bond acceptors (Lipinski definition) is 10. The maximum absolute atomic E-state index is 12.6. The van der Waals surface area contributed by atoms with Gasteiger partial charge >= 0.3 is 16.8 Å². The molecule has 3 rings (SSSR count). The molecule has 3 heterocycles. The van der Waals surface area contributed by atoms with Crippen LogP contribution < -0.4 is 10.6 Å². The van der Waals surface area contributed by atoms with Crippen LogP contribution in [-0.2, 0) is 23.8 Å². The molecule has 1 aliphatic heterocycles. The summed E-state index contributed by atoms with van der Waals surface area (Å²) in [5.41, 5.74) is 6.54. The number of aromatic nitrogens is 3. The highest BCUT2D eigenvalue weighted by Gasteiger charge is 2.39. The molecule has 1 saturated heterocycles. The van der Waals surface area contributed by atoms with Gasteiger partial charge in [0.2, 0.25) is 5.95 Å². The number of carbonyl (C=O) groups is 2. The third kappa shape index (κ3) is 4.04. The fourth-order valence-electron chi connectivity index (χ4n) is 3.04. The third-order valence-electron chi connectivity index (χ3n) is 4.18. The summed E-state index contributed by atoms with van der Waals surface area (Å²) in [5, 5.41) is 0. The summed E-state index contributed by atoms with van der Waals surface area (Å²) in [6.07, 6.45) is 1.68. The molecule has 0 saturated carbocycles. The lowest BCUT2D eigenvalue weighted by Gasteiger charge is -2.22. The first kappa shape index (κ1) is 20.0. The lowest BCUT2D eigenvalue weighted by atomic mass is 10.1. The molecule has 0 radical (unpaired) electrons. The zero-order valence-electron chi connectivity index (χ0n) is 15.6. The summed E-state index contributed by atoms with van der Waals surface area (Å²) >= 11 is 0.953. The quantitative estimate of drug-likeness (QED) is 0.576. The van der Waals surface area contributed by atoms with Gasteiger partial charge in [0.25, 0.3) is 0 Å². The summed E-state index contributed by atoms with van der Waals surface area (Å²) in [6, 6.07) is 0. The molecule has 1 aliphatic rings. The fraction of sp³-hybridized carbons (Fsp3) is 0.471. The average molecular weight is 408 g/mol. The van der Waals surface area contributed by atoms with Gasteiger partial charge in [-0.05, 0) is 6.42 Å². The van der Waals surface area contributed by atoms with Gasteiger partial charge in [-0.25, -0.2) is 4.98 Å². The molecule has 2 aromatic rings. The zero-order chi connectivity index (χ0) is 20.4. The Morgan fingerprint density at radius 2 is 2.21 bits per heavy atom. The second-order valence-electron chi connectivity index (χ2n) is 6.24. The van der Waals surface area contributed by atoms with Gasteiger partial charge in [0.1, 0.15) is 12.2 Å². The van der Waals surface area contributed by atoms with Gasteiger partial charge < -0.3 is 19.9 Å². The molecule has 0 spiro atoms. The molecule has 10 nitrogen and oxygen atoms in total. The lowest BCUT2D eigenvalue weighted by molar-refractivity contribution is -0.156. The zero-order valence-corrected chi connectivity index (χ0v) is 16.4. The van der Waals surface area contributed by atoms with Crippen molar-refractivity contribution in [2.24, 2.45) is 0 Å². The number of carbonyl (C=O) groups excluding carboxylic acids is 2. The Morgan fingerprint density at radius 1 is 1.46 bits per heavy atom. The number of ether oxygens (including phenoxy) is 3. The van der Waals surface area contributed by atoms with Gasteiger partial charge in [0, 0.05) is 25.8 Å². The number of nitrogens with zero attached hydrogens (tertiary/aromatic N) is 3. The molecule has 1 fully saturated rings. The molecule has 2 N–H and O–H groups in total. The number of esters is 2. The van der Waals surface area contributed by atoms with E-state index in [1.807, 2.05) is 6.92 Å². The Hall–Kier alpha value is -2.79. The van der Waals surface area contributed by atoms with Crippen molar-refractivity contribution in [3.8, 4) is 0 Å². The molecular formula is C17H20N4O6S. The smallest absolute Gasteiger partial charge is 0.311 e. The van der Waals surface area contributed by atoms with Crippen LogP contribution in [0.2, 0.25) is 0 Å². The van der Waals surface area contributed by atoms with Crippen molar-refractivity contribution in [2.45, 2.75) is 52.0 Å². The van der Waals surface area contributed by atoms with Crippen molar-refractivity contribution < 1.29 is 23.8 Å². The molecule has 3 atom stereocenters. The van der Waals surface area contributed by atoms with Crippen LogP contribution in [0, 0.1) is 0 Å². The van der Waals surface area contributed by atoms with E-state index in [1.165, 1.54) is 30.9 Å². The van der Waals surface area contributed by atoms with E-state index in [4.69, 9.17) is 19.9 Å². The molecule has 150 valence electrons. The van der Waals surface area contributed by atoms with E-state index in [-0.39, 0.29) is 10.8 Å². The minimum atomic E-state index is -0.871. The van der Waals surface area contributed by atoms with Gasteiger partial charge in [0.15, 0.2) is 11.9 Å². The highest BCUT2D eigenvalue weighted by Crippen LogP contribution is 2.38. The van der Waals surface area contributed by atoms with E-state index < -0.39 is 30.4 Å². The first-order valence-electron chi connectivity index (χ1n) is 8.62. The van der Waals surface area contributed by atoms with Crippen LogP contribution in [0.5, 0.6) is 0 Å². The minimum absolute atomic E-state index is 0.0189. The summed E-state index contributed by atoms with van der Waals surface area (Å²) in [7, 11) is 0. The van der Waals surface area contributed by atoms with E-state index in [0.717, 1.165) is 11.3 Å². The molecule has 28 heavy (non-hydrogen) atoms. The normalized spacial score (nSPS) is 21.8. The van der Waals surface area contributed by atoms with Crippen molar-refractivity contribution in [3.05, 3.63) is 27.7 Å². The third-order valence-corrected chi connectivity index (χ3v) is 5.06. The molecule has 2 aromatic heterocycles. The summed E-state index contributed by atoms with van der Waals surface area (Å²) < 4.78 is 18.3. The number of hydrogen-bond donors (Lipinski definition) is 1. The van der Waals surface area contributed by atoms with Crippen molar-refractivity contribution in [1.29, 1.82) is 0 Å². The number of anilines is 1. The highest BCUT2D eigenvalue weighted by atomic mass is 32.1. The monoisotopic (exact) mass is 408 g/mol. The fourth-order valence-corrected chi connectivity index (χ4v) is 3.85. The number of rotatable bonds is 5. The molecule has 0 aromatic carbocycles. The Kier molecular flexibility index (Phi) is 5.75. The predicted molar refractivity (Wildman–Crippen MR) is 100 cm³/mol. The van der Waals surface area contributed by atoms with E-state index in [9.17, 15) is 14.4 Å². The van der Waals surface area contributed by atoms with Crippen molar-refractivity contribution >= 4 is 39.6 Å². The van der Waals surface area contributed by atoms with Crippen molar-refractivity contribution in [1.82, 2.24) is 14.5 Å². The van der Waals surface area contributed by atoms with Crippen LogP contribution in [0.1, 0.15) is 39.8 Å². The Morgan fingerprint density at radius 3 is 2.86 bits per heavy atom. The van der Waals surface area contributed by atoms with Crippen LogP contribution in [0.4, 0.5) is 5.95 Å². The largest absolute Gasteiger partial charge is 0.460 e. The van der Waals surface area contributed by atoms with Crippen molar-refractivity contribution in [2.75, 3.05) is 5.73 Å². The van der Waals surface area contributed by atoms with E-state index in [1.54, 1.807) is 0 Å². The maximum Gasteiger partial charge on any atom is 0.311 e. The van der Waals surface area contributed by atoms with Gasteiger partial charge in [-0.2, -0.15) is 4.98 Å². The SMILES string of the molecule is CC[C@H](OC(C)=O)[C@@H]1CC(=COC(C)=O)[C@H](n2c(=O)sc3cnc(N)nc32)O1. The van der Waals surface area contributed by atoms with Crippen LogP contribution >= 0.6 is 11.3 Å². The average Bonchev–Trinajstić information content (AvgIpc) is 3.17. The first-order valence-corrected chi connectivity index (χ1v) is 9.44. The van der Waals surface area contributed by atoms with Crippen LogP contribution in [-0.4, -0.2) is 38.7 Å². The number of nitrogen functional groups attached to an aromatic ring is 1. The van der Waals surface area contributed by atoms with E-state index in [2.05, 4.69) is 9.97 Å². The molecular weight excluding hydrogens is 388 g/mol. The Balaban J connectivity index is 2.04. The Bertz CT molecular complexity index is 997. The molecule has 0 aliphatic carbocycles. The topological polar surface area (TPSA) is 136 Å². The highest BCUT2D eigenvalue weighted by molar-refractivity contribution is 7.16. The van der Waals surface area contributed by atoms with Gasteiger partial charge in [0.05, 0.1) is 17.2 Å². The second kappa shape index (κ2) is 8.07. The van der Waals surface area contributed by atoms with Crippen LogP contribution in [0.3, 0.4) is 0 Å². The summed E-state index contributed by atoms with van der Waals surface area (Å²) in [5.74, 6) is -0.913. The van der Waals surface area contributed by atoms with Gasteiger partial charge in [-0.15, -0.1) is 0 Å².